The molecule has 0 saturated carbocycles. The van der Waals surface area contributed by atoms with E-state index in [4.69, 9.17) is 0 Å². The van der Waals surface area contributed by atoms with Gasteiger partial charge in [0.15, 0.2) is 0 Å². The minimum Gasteiger partial charge on any atom is -0.369 e. The third kappa shape index (κ3) is 4.23. The first-order chi connectivity index (χ1) is 8.88. The number of piperazine rings is 1. The van der Waals surface area contributed by atoms with Crippen LogP contribution in [-0.2, 0) is 6.42 Å². The van der Waals surface area contributed by atoms with Crippen molar-refractivity contribution in [2.45, 2.75) is 19.8 Å². The Balaban J connectivity index is 1.62. The molecule has 0 atom stereocenters. The Kier molecular flexibility index (Phi) is 5.36. The number of nitrogens with one attached hydrogen (secondary N) is 2. The van der Waals surface area contributed by atoms with Crippen molar-refractivity contribution in [2.24, 2.45) is 0 Å². The maximum Gasteiger partial charge on any atom is 0.148 e. The lowest BCUT2D eigenvalue weighted by Crippen LogP contribution is -2.44. The van der Waals surface area contributed by atoms with Crippen molar-refractivity contribution in [3.63, 3.8) is 0 Å². The number of nitrogens with zero attached hydrogens (tertiary/aromatic N) is 3. The summed E-state index contributed by atoms with van der Waals surface area (Å²) >= 11 is 0. The van der Waals surface area contributed by atoms with Crippen molar-refractivity contribution < 1.29 is 0 Å². The predicted molar refractivity (Wildman–Crippen MR) is 73.8 cm³/mol. The van der Waals surface area contributed by atoms with Crippen LogP contribution in [0.25, 0.3) is 0 Å². The molecule has 2 heterocycles. The molecule has 0 aromatic carbocycles. The van der Waals surface area contributed by atoms with Crippen LogP contribution in [0.5, 0.6) is 0 Å². The molecule has 0 bridgehead atoms. The predicted octanol–water partition coefficient (Wildman–Crippen LogP) is 0.746. The first kappa shape index (κ1) is 13.2. The highest BCUT2D eigenvalue weighted by Crippen LogP contribution is 2.02. The fraction of sp³-hybridized carbons (Fsp3) is 0.692. The number of hydrogen-bond donors (Lipinski definition) is 2. The van der Waals surface area contributed by atoms with Gasteiger partial charge in [-0.1, -0.05) is 6.92 Å². The Bertz CT molecular complexity index is 332. The molecule has 1 fully saturated rings. The van der Waals surface area contributed by atoms with Crippen LogP contribution in [0.15, 0.2) is 12.1 Å². The van der Waals surface area contributed by atoms with E-state index in [2.05, 4.69) is 32.7 Å². The molecule has 2 N–H and O–H groups in total. The van der Waals surface area contributed by atoms with Crippen LogP contribution in [-0.4, -0.2) is 54.4 Å². The lowest BCUT2D eigenvalue weighted by molar-refractivity contribution is 0.240. The number of hydrogen-bond acceptors (Lipinski definition) is 5. The molecule has 2 rings (SSSR count). The van der Waals surface area contributed by atoms with Gasteiger partial charge in [0.1, 0.15) is 5.82 Å². The maximum absolute atomic E-state index is 4.15. The summed E-state index contributed by atoms with van der Waals surface area (Å²) in [7, 11) is 0. The third-order valence-electron chi connectivity index (χ3n) is 3.25. The average molecular weight is 249 g/mol. The standard InChI is InChI=1S/C13H23N5/c1-2-12-4-5-13(17-16-12)15-6-3-9-18-10-7-14-8-11-18/h4-5,14H,2-3,6-11H2,1H3,(H,15,17). The SMILES string of the molecule is CCc1ccc(NCCCN2CCNCC2)nn1. The van der Waals surface area contributed by atoms with Gasteiger partial charge in [-0.15, -0.1) is 5.10 Å². The zero-order valence-electron chi connectivity index (χ0n) is 11.2. The largest absolute Gasteiger partial charge is 0.369 e. The van der Waals surface area contributed by atoms with E-state index in [1.165, 1.54) is 13.1 Å². The minimum absolute atomic E-state index is 0.882. The number of aromatic nitrogens is 2. The van der Waals surface area contributed by atoms with E-state index >= 15 is 0 Å². The molecule has 0 amide bonds. The average Bonchev–Trinajstić information content (AvgIpc) is 2.45. The lowest BCUT2D eigenvalue weighted by atomic mass is 10.3. The molecule has 1 aliphatic heterocycles. The van der Waals surface area contributed by atoms with Crippen molar-refractivity contribution in [3.05, 3.63) is 17.8 Å². The van der Waals surface area contributed by atoms with E-state index < -0.39 is 0 Å². The Hall–Kier alpha value is -1.20. The van der Waals surface area contributed by atoms with Crippen LogP contribution in [0.1, 0.15) is 19.0 Å². The van der Waals surface area contributed by atoms with Gasteiger partial charge in [-0.3, -0.25) is 0 Å². The van der Waals surface area contributed by atoms with Crippen molar-refractivity contribution in [3.8, 4) is 0 Å². The smallest absolute Gasteiger partial charge is 0.148 e. The van der Waals surface area contributed by atoms with E-state index in [1.807, 2.05) is 12.1 Å². The summed E-state index contributed by atoms with van der Waals surface area (Å²) in [6, 6.07) is 4.04. The minimum atomic E-state index is 0.882. The molecule has 0 aliphatic carbocycles. The summed E-state index contributed by atoms with van der Waals surface area (Å²) in [6.07, 6.45) is 2.09. The number of rotatable bonds is 6. The number of aryl methyl sites for hydroxylation is 1. The van der Waals surface area contributed by atoms with Crippen molar-refractivity contribution >= 4 is 5.82 Å². The molecule has 1 aromatic heterocycles. The van der Waals surface area contributed by atoms with Gasteiger partial charge in [-0.25, -0.2) is 0 Å². The second-order valence-electron chi connectivity index (χ2n) is 4.64. The molecule has 1 aromatic rings. The van der Waals surface area contributed by atoms with Gasteiger partial charge < -0.3 is 15.5 Å². The Morgan fingerprint density at radius 1 is 1.28 bits per heavy atom. The first-order valence-corrected chi connectivity index (χ1v) is 6.88. The zero-order valence-corrected chi connectivity index (χ0v) is 11.2. The molecule has 1 aliphatic rings. The molecule has 1 saturated heterocycles. The molecular weight excluding hydrogens is 226 g/mol. The Morgan fingerprint density at radius 2 is 2.11 bits per heavy atom. The molecule has 0 spiro atoms. The second-order valence-corrected chi connectivity index (χ2v) is 4.64. The summed E-state index contributed by atoms with van der Waals surface area (Å²) in [5, 5.41) is 15.0. The third-order valence-corrected chi connectivity index (χ3v) is 3.25. The van der Waals surface area contributed by atoms with Crippen LogP contribution in [0.2, 0.25) is 0 Å². The van der Waals surface area contributed by atoms with Crippen molar-refractivity contribution in [1.82, 2.24) is 20.4 Å². The maximum atomic E-state index is 4.15. The van der Waals surface area contributed by atoms with Gasteiger partial charge in [0.2, 0.25) is 0 Å². The zero-order chi connectivity index (χ0) is 12.6. The Morgan fingerprint density at radius 3 is 2.78 bits per heavy atom. The summed E-state index contributed by atoms with van der Waals surface area (Å²) in [4.78, 5) is 2.50. The van der Waals surface area contributed by atoms with Gasteiger partial charge in [0.25, 0.3) is 0 Å². The topological polar surface area (TPSA) is 53.1 Å². The summed E-state index contributed by atoms with van der Waals surface area (Å²) in [5.41, 5.74) is 1.04. The van der Waals surface area contributed by atoms with Crippen molar-refractivity contribution in [2.75, 3.05) is 44.6 Å². The summed E-state index contributed by atoms with van der Waals surface area (Å²) in [6.45, 7) is 8.80. The van der Waals surface area contributed by atoms with E-state index in [0.717, 1.165) is 50.5 Å². The second kappa shape index (κ2) is 7.28. The molecule has 5 nitrogen and oxygen atoms in total. The van der Waals surface area contributed by atoms with Crippen molar-refractivity contribution in [1.29, 1.82) is 0 Å². The molecule has 0 radical (unpaired) electrons. The highest BCUT2D eigenvalue weighted by atomic mass is 15.2. The van der Waals surface area contributed by atoms with Crippen LogP contribution >= 0.6 is 0 Å². The van der Waals surface area contributed by atoms with E-state index in [9.17, 15) is 0 Å². The van der Waals surface area contributed by atoms with Gasteiger partial charge in [0.05, 0.1) is 5.69 Å². The molecular formula is C13H23N5. The summed E-state index contributed by atoms with van der Waals surface area (Å²) in [5.74, 6) is 0.882. The quantitative estimate of drug-likeness (QED) is 0.729. The highest BCUT2D eigenvalue weighted by Gasteiger charge is 2.08. The van der Waals surface area contributed by atoms with Gasteiger partial charge in [0, 0.05) is 32.7 Å². The van der Waals surface area contributed by atoms with E-state index in [-0.39, 0.29) is 0 Å². The highest BCUT2D eigenvalue weighted by molar-refractivity contribution is 5.32. The molecule has 0 unspecified atom stereocenters. The molecule has 18 heavy (non-hydrogen) atoms. The monoisotopic (exact) mass is 249 g/mol. The van der Waals surface area contributed by atoms with Crippen LogP contribution in [0.3, 0.4) is 0 Å². The normalized spacial score (nSPS) is 16.7. The van der Waals surface area contributed by atoms with Crippen LogP contribution in [0.4, 0.5) is 5.82 Å². The van der Waals surface area contributed by atoms with Gasteiger partial charge in [-0.2, -0.15) is 5.10 Å². The fourth-order valence-electron chi connectivity index (χ4n) is 2.10. The van der Waals surface area contributed by atoms with E-state index in [0.29, 0.717) is 0 Å². The van der Waals surface area contributed by atoms with E-state index in [1.54, 1.807) is 0 Å². The van der Waals surface area contributed by atoms with Gasteiger partial charge >= 0.3 is 0 Å². The van der Waals surface area contributed by atoms with Crippen LogP contribution < -0.4 is 10.6 Å². The van der Waals surface area contributed by atoms with Gasteiger partial charge in [-0.05, 0) is 31.5 Å². The first-order valence-electron chi connectivity index (χ1n) is 6.88. The molecule has 5 heteroatoms. The summed E-state index contributed by atoms with van der Waals surface area (Å²) < 4.78 is 0. The Labute approximate surface area is 109 Å². The lowest BCUT2D eigenvalue weighted by Gasteiger charge is -2.27. The number of anilines is 1. The van der Waals surface area contributed by atoms with Crippen LogP contribution in [0, 0.1) is 0 Å². The fourth-order valence-corrected chi connectivity index (χ4v) is 2.10. The molecule has 100 valence electrons.